The maximum absolute atomic E-state index is 13.1. The van der Waals surface area contributed by atoms with Crippen molar-refractivity contribution in [3.63, 3.8) is 0 Å². The van der Waals surface area contributed by atoms with Gasteiger partial charge < -0.3 is 5.32 Å². The lowest BCUT2D eigenvalue weighted by atomic mass is 9.74. The third-order valence-electron chi connectivity index (χ3n) is 4.83. The summed E-state index contributed by atoms with van der Waals surface area (Å²) in [7, 11) is 1.53. The molecule has 1 amide bonds. The summed E-state index contributed by atoms with van der Waals surface area (Å²) in [6.07, 6.45) is 5.94. The molecule has 0 aliphatic heterocycles. The van der Waals surface area contributed by atoms with Gasteiger partial charge in [-0.15, -0.1) is 0 Å². The number of fused-ring (bicyclic) bond motifs is 1. The van der Waals surface area contributed by atoms with Gasteiger partial charge in [-0.3, -0.25) is 9.48 Å². The van der Waals surface area contributed by atoms with E-state index in [1.165, 1.54) is 23.5 Å². The second kappa shape index (κ2) is 8.03. The fourth-order valence-corrected chi connectivity index (χ4v) is 3.56. The van der Waals surface area contributed by atoms with Crippen molar-refractivity contribution in [2.24, 2.45) is 13.0 Å². The topological polar surface area (TPSA) is 46.9 Å². The van der Waals surface area contributed by atoms with Crippen LogP contribution >= 0.6 is 0 Å². The number of alkyl halides is 2. The Morgan fingerprint density at radius 2 is 2.19 bits per heavy atom. The molecule has 1 unspecified atom stereocenters. The lowest BCUT2D eigenvalue weighted by Gasteiger charge is -2.32. The molecule has 0 spiro atoms. The van der Waals surface area contributed by atoms with Gasteiger partial charge >= 0.3 is 0 Å². The molecule has 1 aliphatic rings. The maximum atomic E-state index is 13.1. The molecule has 1 heterocycles. The second-order valence-corrected chi connectivity index (χ2v) is 7.39. The molecule has 1 aliphatic carbocycles. The zero-order valence-electron chi connectivity index (χ0n) is 15.9. The number of carbonyl (C=O) groups is 1. The third kappa shape index (κ3) is 4.26. The Labute approximate surface area is 158 Å². The first kappa shape index (κ1) is 19.3. The summed E-state index contributed by atoms with van der Waals surface area (Å²) in [4.78, 5) is 12.6. The standard InChI is InChI=1S/C21H25F2N3O/c1-13(2)7-4-5-8-14-11-15-9-6-10-17(18(14)15)24-21(27)16-12-26(3)25-19(16)20(22)23/h4,6-7,9-10,12-14,20H,5,8,11H2,1-3H3,(H,24,27). The van der Waals surface area contributed by atoms with E-state index in [0.29, 0.717) is 17.5 Å². The summed E-state index contributed by atoms with van der Waals surface area (Å²) < 4.78 is 27.5. The number of amides is 1. The van der Waals surface area contributed by atoms with E-state index in [9.17, 15) is 13.6 Å². The minimum Gasteiger partial charge on any atom is -0.322 e. The van der Waals surface area contributed by atoms with Gasteiger partial charge in [0, 0.05) is 18.9 Å². The van der Waals surface area contributed by atoms with Crippen molar-refractivity contribution in [2.45, 2.75) is 45.5 Å². The van der Waals surface area contributed by atoms with Gasteiger partial charge in [0.1, 0.15) is 5.69 Å². The predicted octanol–water partition coefficient (Wildman–Crippen LogP) is 5.24. The first-order valence-electron chi connectivity index (χ1n) is 9.28. The van der Waals surface area contributed by atoms with Crippen LogP contribution < -0.4 is 5.32 Å². The first-order chi connectivity index (χ1) is 12.9. The van der Waals surface area contributed by atoms with Crippen molar-refractivity contribution >= 4 is 11.6 Å². The molecular formula is C21H25F2N3O. The van der Waals surface area contributed by atoms with Crippen LogP contribution in [-0.2, 0) is 13.5 Å². The van der Waals surface area contributed by atoms with Gasteiger partial charge in [-0.2, -0.15) is 5.10 Å². The van der Waals surface area contributed by atoms with Crippen LogP contribution in [0.25, 0.3) is 0 Å². The predicted molar refractivity (Wildman–Crippen MR) is 102 cm³/mol. The van der Waals surface area contributed by atoms with E-state index in [1.54, 1.807) is 0 Å². The Morgan fingerprint density at radius 3 is 2.89 bits per heavy atom. The number of halogens is 2. The van der Waals surface area contributed by atoms with Gasteiger partial charge in [-0.25, -0.2) is 8.78 Å². The molecule has 0 bridgehead atoms. The number of carbonyl (C=O) groups excluding carboxylic acids is 1. The van der Waals surface area contributed by atoms with Crippen LogP contribution in [0.2, 0.25) is 0 Å². The summed E-state index contributed by atoms with van der Waals surface area (Å²) in [5.41, 5.74) is 2.49. The van der Waals surface area contributed by atoms with Crippen molar-refractivity contribution in [2.75, 3.05) is 5.32 Å². The molecule has 2 aromatic rings. The summed E-state index contributed by atoms with van der Waals surface area (Å²) >= 11 is 0. The number of rotatable bonds is 7. The monoisotopic (exact) mass is 373 g/mol. The van der Waals surface area contributed by atoms with Crippen molar-refractivity contribution < 1.29 is 13.6 Å². The van der Waals surface area contributed by atoms with Gasteiger partial charge in [0.2, 0.25) is 0 Å². The average molecular weight is 373 g/mol. The number of anilines is 1. The van der Waals surface area contributed by atoms with E-state index < -0.39 is 18.0 Å². The fourth-order valence-electron chi connectivity index (χ4n) is 3.56. The molecule has 0 fully saturated rings. The van der Waals surface area contributed by atoms with E-state index in [2.05, 4.69) is 42.5 Å². The van der Waals surface area contributed by atoms with Crippen LogP contribution in [0.4, 0.5) is 14.5 Å². The normalized spacial score (nSPS) is 16.0. The highest BCUT2D eigenvalue weighted by Crippen LogP contribution is 2.43. The van der Waals surface area contributed by atoms with Crippen LogP contribution in [0.1, 0.15) is 66.2 Å². The van der Waals surface area contributed by atoms with Crippen molar-refractivity contribution in [1.82, 2.24) is 9.78 Å². The van der Waals surface area contributed by atoms with Gasteiger partial charge in [-0.05, 0) is 48.3 Å². The summed E-state index contributed by atoms with van der Waals surface area (Å²) in [6.45, 7) is 4.30. The van der Waals surface area contributed by atoms with Gasteiger partial charge in [0.15, 0.2) is 0 Å². The van der Waals surface area contributed by atoms with Crippen molar-refractivity contribution in [3.05, 3.63) is 58.9 Å². The summed E-state index contributed by atoms with van der Waals surface area (Å²) in [5.74, 6) is 0.381. The fraction of sp³-hybridized carbons (Fsp3) is 0.429. The zero-order valence-corrected chi connectivity index (χ0v) is 15.9. The van der Waals surface area contributed by atoms with E-state index in [0.717, 1.165) is 24.8 Å². The lowest BCUT2D eigenvalue weighted by Crippen LogP contribution is -2.22. The number of hydrogen-bond donors (Lipinski definition) is 1. The molecule has 1 atom stereocenters. The molecule has 4 nitrogen and oxygen atoms in total. The number of benzene rings is 1. The maximum Gasteiger partial charge on any atom is 0.282 e. The largest absolute Gasteiger partial charge is 0.322 e. The number of hydrogen-bond acceptors (Lipinski definition) is 2. The van der Waals surface area contributed by atoms with E-state index >= 15 is 0 Å². The van der Waals surface area contributed by atoms with E-state index in [4.69, 9.17) is 0 Å². The lowest BCUT2D eigenvalue weighted by molar-refractivity contribution is 0.101. The van der Waals surface area contributed by atoms with E-state index in [1.807, 2.05) is 12.1 Å². The molecule has 144 valence electrons. The van der Waals surface area contributed by atoms with Gasteiger partial charge in [0.25, 0.3) is 12.3 Å². The smallest absolute Gasteiger partial charge is 0.282 e. The summed E-state index contributed by atoms with van der Waals surface area (Å²) in [5, 5.41) is 6.53. The van der Waals surface area contributed by atoms with Crippen LogP contribution in [0.15, 0.2) is 36.5 Å². The highest BCUT2D eigenvalue weighted by atomic mass is 19.3. The molecule has 3 rings (SSSR count). The van der Waals surface area contributed by atoms with Crippen molar-refractivity contribution in [1.29, 1.82) is 0 Å². The quantitative estimate of drug-likeness (QED) is 0.675. The Hall–Kier alpha value is -2.50. The zero-order chi connectivity index (χ0) is 19.6. The summed E-state index contributed by atoms with van der Waals surface area (Å²) in [6, 6.07) is 5.78. The highest BCUT2D eigenvalue weighted by Gasteiger charge is 2.30. The van der Waals surface area contributed by atoms with Crippen LogP contribution in [-0.4, -0.2) is 15.7 Å². The Morgan fingerprint density at radius 1 is 1.41 bits per heavy atom. The van der Waals surface area contributed by atoms with Gasteiger partial charge in [-0.1, -0.05) is 38.1 Å². The number of aromatic nitrogens is 2. The Kier molecular flexibility index (Phi) is 5.73. The first-order valence-corrected chi connectivity index (χ1v) is 9.28. The minimum absolute atomic E-state index is 0.0826. The second-order valence-electron chi connectivity index (χ2n) is 7.39. The average Bonchev–Trinajstić information content (AvgIpc) is 2.97. The molecule has 0 radical (unpaired) electrons. The van der Waals surface area contributed by atoms with Crippen molar-refractivity contribution in [3.8, 4) is 0 Å². The van der Waals surface area contributed by atoms with E-state index in [-0.39, 0.29) is 5.56 Å². The Balaban J connectivity index is 1.74. The molecule has 27 heavy (non-hydrogen) atoms. The molecule has 1 aromatic heterocycles. The molecular weight excluding hydrogens is 348 g/mol. The SMILES string of the molecule is CC(C)C=CCCC1Cc2cccc(NC(=O)c3cn(C)nc3C(F)F)c21. The number of allylic oxidation sites excluding steroid dienone is 2. The minimum atomic E-state index is -2.79. The molecule has 6 heteroatoms. The number of aryl methyl sites for hydroxylation is 1. The highest BCUT2D eigenvalue weighted by molar-refractivity contribution is 6.05. The molecule has 1 N–H and O–H groups in total. The molecule has 1 aromatic carbocycles. The van der Waals surface area contributed by atoms with Crippen LogP contribution in [0, 0.1) is 5.92 Å². The Bertz CT molecular complexity index is 855. The van der Waals surface area contributed by atoms with Crippen LogP contribution in [0.5, 0.6) is 0 Å². The number of nitrogens with zero attached hydrogens (tertiary/aromatic N) is 2. The molecule has 0 saturated carbocycles. The van der Waals surface area contributed by atoms with Crippen LogP contribution in [0.3, 0.4) is 0 Å². The third-order valence-corrected chi connectivity index (χ3v) is 4.83. The number of nitrogens with one attached hydrogen (secondary N) is 1. The molecule has 0 saturated heterocycles. The van der Waals surface area contributed by atoms with Gasteiger partial charge in [0.05, 0.1) is 5.56 Å².